The van der Waals surface area contributed by atoms with Crippen molar-refractivity contribution < 1.29 is 0 Å². The number of hydrogen-bond donors (Lipinski definition) is 1. The first kappa shape index (κ1) is 10.0. The molecule has 0 atom stereocenters. The molecule has 70 valence electrons. The normalized spacial score (nSPS) is 11.4. The smallest absolute Gasteiger partial charge is 0.0355 e. The maximum atomic E-state index is 6.05. The molecule has 1 aromatic carbocycles. The fourth-order valence-electron chi connectivity index (χ4n) is 1.57. The molecule has 0 aromatic heterocycles. The molecule has 0 saturated carbocycles. The van der Waals surface area contributed by atoms with E-state index in [-0.39, 0.29) is 5.54 Å². The van der Waals surface area contributed by atoms with Gasteiger partial charge < -0.3 is 5.73 Å². The molecule has 2 N–H and O–H groups in total. The highest BCUT2D eigenvalue weighted by molar-refractivity contribution is 5.54. The number of rotatable bonds is 2. The third kappa shape index (κ3) is 1.99. The fourth-order valence-corrected chi connectivity index (χ4v) is 1.57. The van der Waals surface area contributed by atoms with Gasteiger partial charge in [0.05, 0.1) is 0 Å². The van der Waals surface area contributed by atoms with Crippen LogP contribution in [0.25, 0.3) is 6.08 Å². The van der Waals surface area contributed by atoms with Crippen molar-refractivity contribution in [2.75, 3.05) is 0 Å². The molecule has 1 nitrogen and oxygen atoms in total. The standard InChI is InChI=1S/C12H17N/c1-5-10-7-6-8-11(9(10)2)12(3,4)13/h5-8H,1,13H2,2-4H3. The summed E-state index contributed by atoms with van der Waals surface area (Å²) in [5, 5.41) is 0. The van der Waals surface area contributed by atoms with Crippen molar-refractivity contribution in [2.24, 2.45) is 5.73 Å². The second-order valence-corrected chi connectivity index (χ2v) is 3.95. The van der Waals surface area contributed by atoms with Crippen molar-refractivity contribution in [1.82, 2.24) is 0 Å². The lowest BCUT2D eigenvalue weighted by atomic mass is 9.89. The van der Waals surface area contributed by atoms with Crippen molar-refractivity contribution in [2.45, 2.75) is 26.3 Å². The zero-order chi connectivity index (χ0) is 10.1. The topological polar surface area (TPSA) is 26.0 Å². The van der Waals surface area contributed by atoms with E-state index in [9.17, 15) is 0 Å². The van der Waals surface area contributed by atoms with E-state index in [4.69, 9.17) is 5.73 Å². The minimum absolute atomic E-state index is 0.275. The van der Waals surface area contributed by atoms with Gasteiger partial charge in [-0.3, -0.25) is 0 Å². The Morgan fingerprint density at radius 3 is 2.46 bits per heavy atom. The molecule has 0 saturated heterocycles. The summed E-state index contributed by atoms with van der Waals surface area (Å²) < 4.78 is 0. The Hall–Kier alpha value is -1.08. The summed E-state index contributed by atoms with van der Waals surface area (Å²) in [6, 6.07) is 6.15. The molecule has 1 aromatic rings. The highest BCUT2D eigenvalue weighted by atomic mass is 14.7. The Balaban J connectivity index is 3.32. The van der Waals surface area contributed by atoms with Gasteiger partial charge in [0.1, 0.15) is 0 Å². The molecule has 0 radical (unpaired) electrons. The lowest BCUT2D eigenvalue weighted by molar-refractivity contribution is 0.550. The summed E-state index contributed by atoms with van der Waals surface area (Å²) in [4.78, 5) is 0. The Morgan fingerprint density at radius 1 is 1.38 bits per heavy atom. The highest BCUT2D eigenvalue weighted by Crippen LogP contribution is 2.23. The van der Waals surface area contributed by atoms with Gasteiger partial charge in [-0.15, -0.1) is 0 Å². The second-order valence-electron chi connectivity index (χ2n) is 3.95. The average molecular weight is 175 g/mol. The van der Waals surface area contributed by atoms with Gasteiger partial charge in [0, 0.05) is 5.54 Å². The summed E-state index contributed by atoms with van der Waals surface area (Å²) in [7, 11) is 0. The van der Waals surface area contributed by atoms with Crippen molar-refractivity contribution in [1.29, 1.82) is 0 Å². The molecule has 13 heavy (non-hydrogen) atoms. The summed E-state index contributed by atoms with van der Waals surface area (Å²) in [5.41, 5.74) is 9.35. The molecule has 0 heterocycles. The summed E-state index contributed by atoms with van der Waals surface area (Å²) in [5.74, 6) is 0. The van der Waals surface area contributed by atoms with Gasteiger partial charge >= 0.3 is 0 Å². The Kier molecular flexibility index (Phi) is 2.58. The predicted octanol–water partition coefficient (Wildman–Crippen LogP) is 2.83. The molecule has 1 rings (SSSR count). The van der Waals surface area contributed by atoms with E-state index in [1.165, 1.54) is 11.1 Å². The van der Waals surface area contributed by atoms with Crippen LogP contribution in [-0.4, -0.2) is 0 Å². The summed E-state index contributed by atoms with van der Waals surface area (Å²) in [6.45, 7) is 9.89. The van der Waals surface area contributed by atoms with E-state index in [1.807, 2.05) is 26.0 Å². The molecule has 0 aliphatic heterocycles. The quantitative estimate of drug-likeness (QED) is 0.735. The van der Waals surface area contributed by atoms with Gasteiger partial charge in [0.25, 0.3) is 0 Å². The Bertz CT molecular complexity index is 318. The molecule has 0 amide bonds. The van der Waals surface area contributed by atoms with Crippen LogP contribution in [0.4, 0.5) is 0 Å². The molecule has 1 heteroatoms. The first-order valence-corrected chi connectivity index (χ1v) is 4.48. The fraction of sp³-hybridized carbons (Fsp3) is 0.333. The summed E-state index contributed by atoms with van der Waals surface area (Å²) >= 11 is 0. The van der Waals surface area contributed by atoms with E-state index < -0.39 is 0 Å². The number of nitrogens with two attached hydrogens (primary N) is 1. The Morgan fingerprint density at radius 2 is 2.00 bits per heavy atom. The largest absolute Gasteiger partial charge is 0.322 e. The lowest BCUT2D eigenvalue weighted by Crippen LogP contribution is -2.29. The third-order valence-corrected chi connectivity index (χ3v) is 2.29. The average Bonchev–Trinajstić information content (AvgIpc) is 2.02. The van der Waals surface area contributed by atoms with Crippen LogP contribution in [-0.2, 0) is 5.54 Å². The van der Waals surface area contributed by atoms with Crippen LogP contribution in [0.2, 0.25) is 0 Å². The van der Waals surface area contributed by atoms with Crippen LogP contribution < -0.4 is 5.73 Å². The molecular formula is C12H17N. The maximum absolute atomic E-state index is 6.05. The van der Waals surface area contributed by atoms with Gasteiger partial charge in [-0.2, -0.15) is 0 Å². The van der Waals surface area contributed by atoms with Gasteiger partial charge in [-0.1, -0.05) is 30.9 Å². The SMILES string of the molecule is C=Cc1cccc(C(C)(C)N)c1C. The van der Waals surface area contributed by atoms with Crippen molar-refractivity contribution in [3.8, 4) is 0 Å². The van der Waals surface area contributed by atoms with Crippen molar-refractivity contribution >= 4 is 6.08 Å². The minimum atomic E-state index is -0.275. The van der Waals surface area contributed by atoms with Crippen LogP contribution in [0.15, 0.2) is 24.8 Å². The van der Waals surface area contributed by atoms with Crippen LogP contribution in [0.1, 0.15) is 30.5 Å². The first-order chi connectivity index (χ1) is 5.96. The minimum Gasteiger partial charge on any atom is -0.322 e. The summed E-state index contributed by atoms with van der Waals surface area (Å²) in [6.07, 6.45) is 1.87. The lowest BCUT2D eigenvalue weighted by Gasteiger charge is -2.22. The van der Waals surface area contributed by atoms with Crippen molar-refractivity contribution in [3.63, 3.8) is 0 Å². The molecule has 0 unspecified atom stereocenters. The van der Waals surface area contributed by atoms with Gasteiger partial charge in [-0.25, -0.2) is 0 Å². The van der Waals surface area contributed by atoms with Crippen LogP contribution in [0, 0.1) is 6.92 Å². The molecule has 0 fully saturated rings. The number of benzene rings is 1. The van der Waals surface area contributed by atoms with Crippen LogP contribution >= 0.6 is 0 Å². The second kappa shape index (κ2) is 3.35. The molecule has 0 aliphatic rings. The molecular weight excluding hydrogens is 158 g/mol. The number of hydrogen-bond acceptors (Lipinski definition) is 1. The van der Waals surface area contributed by atoms with Gasteiger partial charge in [0.2, 0.25) is 0 Å². The highest BCUT2D eigenvalue weighted by Gasteiger charge is 2.16. The van der Waals surface area contributed by atoms with Gasteiger partial charge in [-0.05, 0) is 37.5 Å². The zero-order valence-corrected chi connectivity index (χ0v) is 8.59. The monoisotopic (exact) mass is 175 g/mol. The van der Waals surface area contributed by atoms with E-state index in [2.05, 4.69) is 25.6 Å². The van der Waals surface area contributed by atoms with Crippen LogP contribution in [0.3, 0.4) is 0 Å². The van der Waals surface area contributed by atoms with E-state index in [0.717, 1.165) is 5.56 Å². The predicted molar refractivity (Wildman–Crippen MR) is 58.5 cm³/mol. The van der Waals surface area contributed by atoms with E-state index in [0.29, 0.717) is 0 Å². The molecule has 0 spiro atoms. The molecule has 0 aliphatic carbocycles. The zero-order valence-electron chi connectivity index (χ0n) is 8.59. The van der Waals surface area contributed by atoms with Crippen molar-refractivity contribution in [3.05, 3.63) is 41.5 Å². The van der Waals surface area contributed by atoms with Gasteiger partial charge in [0.15, 0.2) is 0 Å². The van der Waals surface area contributed by atoms with Crippen LogP contribution in [0.5, 0.6) is 0 Å². The van der Waals surface area contributed by atoms with E-state index in [1.54, 1.807) is 0 Å². The molecule has 0 bridgehead atoms. The third-order valence-electron chi connectivity index (χ3n) is 2.29. The van der Waals surface area contributed by atoms with E-state index >= 15 is 0 Å². The first-order valence-electron chi connectivity index (χ1n) is 4.48. The maximum Gasteiger partial charge on any atom is 0.0355 e. The Labute approximate surface area is 80.3 Å².